The van der Waals surface area contributed by atoms with E-state index in [0.29, 0.717) is 24.4 Å². The molecule has 7 heteroatoms. The van der Waals surface area contributed by atoms with Crippen LogP contribution in [-0.2, 0) is 4.79 Å². The molecule has 0 spiro atoms. The summed E-state index contributed by atoms with van der Waals surface area (Å²) >= 11 is 0. The Morgan fingerprint density at radius 1 is 1.30 bits per heavy atom. The first kappa shape index (κ1) is 19.5. The Kier molecular flexibility index (Phi) is 6.25. The van der Waals surface area contributed by atoms with Gasteiger partial charge in [0.1, 0.15) is 11.5 Å². The van der Waals surface area contributed by atoms with Gasteiger partial charge in [0.15, 0.2) is 0 Å². The first-order chi connectivity index (χ1) is 10.2. The Bertz CT molecular complexity index is 570. The number of carbonyl (C=O) groups excluding carboxylic acids is 2. The Morgan fingerprint density at radius 2 is 1.87 bits per heavy atom. The summed E-state index contributed by atoms with van der Waals surface area (Å²) in [6, 6.07) is 1.83. The molecule has 1 saturated heterocycles. The van der Waals surface area contributed by atoms with Crippen molar-refractivity contribution in [2.75, 3.05) is 13.1 Å². The smallest absolute Gasteiger partial charge is 0.255 e. The molecule has 2 amide bonds. The molecule has 130 valence electrons. The number of piperidine rings is 1. The van der Waals surface area contributed by atoms with Gasteiger partial charge in [-0.3, -0.25) is 9.59 Å². The highest BCUT2D eigenvalue weighted by atomic mass is 35.5. The van der Waals surface area contributed by atoms with Gasteiger partial charge < -0.3 is 20.4 Å². The van der Waals surface area contributed by atoms with E-state index < -0.39 is 5.54 Å². The third-order valence-electron chi connectivity index (χ3n) is 3.95. The fourth-order valence-corrected chi connectivity index (χ4v) is 2.75. The molecule has 2 rings (SSSR count). The molecule has 0 aliphatic carbocycles. The van der Waals surface area contributed by atoms with Crippen LogP contribution in [0.1, 0.15) is 48.6 Å². The predicted molar refractivity (Wildman–Crippen MR) is 90.8 cm³/mol. The zero-order chi connectivity index (χ0) is 16.5. The van der Waals surface area contributed by atoms with Crippen LogP contribution in [0.25, 0.3) is 0 Å². The van der Waals surface area contributed by atoms with E-state index in [1.165, 1.54) is 0 Å². The SMILES string of the molecule is Cc1cc(C(=O)NC2CCN(C(=O)C(C)(C)N)CC2)c(C)o1.Cl. The third-order valence-corrected chi connectivity index (χ3v) is 3.95. The first-order valence-corrected chi connectivity index (χ1v) is 7.64. The monoisotopic (exact) mass is 343 g/mol. The summed E-state index contributed by atoms with van der Waals surface area (Å²) in [5.74, 6) is 1.21. The Hall–Kier alpha value is -1.53. The van der Waals surface area contributed by atoms with Gasteiger partial charge >= 0.3 is 0 Å². The van der Waals surface area contributed by atoms with Crippen molar-refractivity contribution in [2.24, 2.45) is 5.73 Å². The molecule has 0 atom stereocenters. The average molecular weight is 344 g/mol. The van der Waals surface area contributed by atoms with E-state index in [1.807, 2.05) is 6.92 Å². The largest absolute Gasteiger partial charge is 0.466 e. The molecule has 0 radical (unpaired) electrons. The standard InChI is InChI=1S/C16H25N3O3.ClH/c1-10-9-13(11(2)22-10)14(20)18-12-5-7-19(8-6-12)15(21)16(3,4)17;/h9,12H,5-8,17H2,1-4H3,(H,18,20);1H. The van der Waals surface area contributed by atoms with Crippen LogP contribution in [0, 0.1) is 13.8 Å². The summed E-state index contributed by atoms with van der Waals surface area (Å²) in [4.78, 5) is 26.1. The predicted octanol–water partition coefficient (Wildman–Crippen LogP) is 1.78. The molecule has 1 aliphatic rings. The van der Waals surface area contributed by atoms with Crippen molar-refractivity contribution < 1.29 is 14.0 Å². The van der Waals surface area contributed by atoms with Crippen molar-refractivity contribution in [3.05, 3.63) is 23.2 Å². The lowest BCUT2D eigenvalue weighted by molar-refractivity contribution is -0.136. The summed E-state index contributed by atoms with van der Waals surface area (Å²) in [6.45, 7) is 8.27. The van der Waals surface area contributed by atoms with Crippen molar-refractivity contribution in [3.63, 3.8) is 0 Å². The van der Waals surface area contributed by atoms with Crippen molar-refractivity contribution in [2.45, 2.75) is 52.1 Å². The molecular weight excluding hydrogens is 318 g/mol. The van der Waals surface area contributed by atoms with Crippen LogP contribution < -0.4 is 11.1 Å². The molecule has 0 saturated carbocycles. The number of nitrogens with zero attached hydrogens (tertiary/aromatic N) is 1. The van der Waals surface area contributed by atoms with E-state index in [1.54, 1.807) is 31.7 Å². The third kappa shape index (κ3) is 4.72. The van der Waals surface area contributed by atoms with E-state index in [9.17, 15) is 9.59 Å². The number of aryl methyl sites for hydroxylation is 2. The zero-order valence-electron chi connectivity index (χ0n) is 14.1. The maximum absolute atomic E-state index is 12.3. The Balaban J connectivity index is 0.00000264. The van der Waals surface area contributed by atoms with E-state index in [0.717, 1.165) is 18.6 Å². The molecule has 23 heavy (non-hydrogen) atoms. The number of amides is 2. The van der Waals surface area contributed by atoms with Crippen molar-refractivity contribution in [3.8, 4) is 0 Å². The summed E-state index contributed by atoms with van der Waals surface area (Å²) < 4.78 is 5.38. The second-order valence-electron chi connectivity index (χ2n) is 6.59. The van der Waals surface area contributed by atoms with Crippen LogP contribution >= 0.6 is 12.4 Å². The van der Waals surface area contributed by atoms with Crippen LogP contribution in [-0.4, -0.2) is 41.4 Å². The summed E-state index contributed by atoms with van der Waals surface area (Å²) in [6.07, 6.45) is 1.48. The van der Waals surface area contributed by atoms with Gasteiger partial charge in [-0.2, -0.15) is 0 Å². The van der Waals surface area contributed by atoms with Gasteiger partial charge in [-0.15, -0.1) is 12.4 Å². The quantitative estimate of drug-likeness (QED) is 0.875. The molecule has 2 heterocycles. The normalized spacial score (nSPS) is 16.0. The van der Waals surface area contributed by atoms with Crippen molar-refractivity contribution >= 4 is 24.2 Å². The highest BCUT2D eigenvalue weighted by Gasteiger charge is 2.31. The number of hydrogen-bond donors (Lipinski definition) is 2. The van der Waals surface area contributed by atoms with Crippen LogP contribution in [0.5, 0.6) is 0 Å². The maximum Gasteiger partial charge on any atom is 0.255 e. The molecule has 1 fully saturated rings. The lowest BCUT2D eigenvalue weighted by Gasteiger charge is -2.35. The number of nitrogens with two attached hydrogens (primary N) is 1. The van der Waals surface area contributed by atoms with Gasteiger partial charge in [-0.1, -0.05) is 0 Å². The summed E-state index contributed by atoms with van der Waals surface area (Å²) in [7, 11) is 0. The minimum absolute atomic E-state index is 0. The number of hydrogen-bond acceptors (Lipinski definition) is 4. The number of halogens is 1. The molecule has 6 nitrogen and oxygen atoms in total. The molecule has 0 bridgehead atoms. The van der Waals surface area contributed by atoms with Gasteiger partial charge in [0.25, 0.3) is 5.91 Å². The molecule has 0 unspecified atom stereocenters. The Morgan fingerprint density at radius 3 is 2.30 bits per heavy atom. The minimum Gasteiger partial charge on any atom is -0.466 e. The van der Waals surface area contributed by atoms with E-state index in [2.05, 4.69) is 5.32 Å². The number of rotatable bonds is 3. The number of likely N-dealkylation sites (tertiary alicyclic amines) is 1. The summed E-state index contributed by atoms with van der Waals surface area (Å²) in [5, 5.41) is 3.02. The van der Waals surface area contributed by atoms with Crippen LogP contribution in [0.3, 0.4) is 0 Å². The van der Waals surface area contributed by atoms with Gasteiger partial charge in [0, 0.05) is 19.1 Å². The molecule has 1 aromatic rings. The molecule has 1 aliphatic heterocycles. The van der Waals surface area contributed by atoms with Crippen LogP contribution in [0.15, 0.2) is 10.5 Å². The van der Waals surface area contributed by atoms with Crippen molar-refractivity contribution in [1.29, 1.82) is 0 Å². The molecular formula is C16H26ClN3O3. The fourth-order valence-electron chi connectivity index (χ4n) is 2.75. The number of carbonyl (C=O) groups is 2. The molecule has 1 aromatic heterocycles. The maximum atomic E-state index is 12.3. The molecule has 3 N–H and O–H groups in total. The first-order valence-electron chi connectivity index (χ1n) is 7.64. The van der Waals surface area contributed by atoms with E-state index in [-0.39, 0.29) is 30.3 Å². The van der Waals surface area contributed by atoms with E-state index in [4.69, 9.17) is 10.2 Å². The van der Waals surface area contributed by atoms with E-state index >= 15 is 0 Å². The average Bonchev–Trinajstić information content (AvgIpc) is 2.77. The lowest BCUT2D eigenvalue weighted by atomic mass is 10.00. The van der Waals surface area contributed by atoms with Gasteiger partial charge in [0.2, 0.25) is 5.91 Å². The Labute approximate surface area is 143 Å². The second-order valence-corrected chi connectivity index (χ2v) is 6.59. The fraction of sp³-hybridized carbons (Fsp3) is 0.625. The van der Waals surface area contributed by atoms with Gasteiger partial charge in [-0.05, 0) is 46.6 Å². The highest BCUT2D eigenvalue weighted by Crippen LogP contribution is 2.17. The second kappa shape index (κ2) is 7.36. The number of furan rings is 1. The molecule has 0 aromatic carbocycles. The lowest BCUT2D eigenvalue weighted by Crippen LogP contribution is -2.55. The highest BCUT2D eigenvalue weighted by molar-refractivity contribution is 5.95. The summed E-state index contributed by atoms with van der Waals surface area (Å²) in [5.41, 5.74) is 5.59. The zero-order valence-corrected chi connectivity index (χ0v) is 15.0. The van der Waals surface area contributed by atoms with Crippen LogP contribution in [0.4, 0.5) is 0 Å². The minimum atomic E-state index is -0.846. The van der Waals surface area contributed by atoms with Gasteiger partial charge in [-0.25, -0.2) is 0 Å². The van der Waals surface area contributed by atoms with Crippen LogP contribution in [0.2, 0.25) is 0 Å². The topological polar surface area (TPSA) is 88.6 Å². The van der Waals surface area contributed by atoms with Crippen molar-refractivity contribution in [1.82, 2.24) is 10.2 Å². The number of nitrogens with one attached hydrogen (secondary N) is 1. The van der Waals surface area contributed by atoms with Gasteiger partial charge in [0.05, 0.1) is 11.1 Å².